The molecule has 0 aliphatic carbocycles. The van der Waals surface area contributed by atoms with Gasteiger partial charge in [0.05, 0.1) is 17.1 Å². The van der Waals surface area contributed by atoms with Gasteiger partial charge < -0.3 is 15.6 Å². The summed E-state index contributed by atoms with van der Waals surface area (Å²) in [7, 11) is 2.03. The summed E-state index contributed by atoms with van der Waals surface area (Å²) in [5, 5.41) is 2.91. The Balaban J connectivity index is 0.00000264. The van der Waals surface area contributed by atoms with Crippen LogP contribution in [0.2, 0.25) is 0 Å². The summed E-state index contributed by atoms with van der Waals surface area (Å²) in [6, 6.07) is 7.69. The van der Waals surface area contributed by atoms with E-state index < -0.39 is 6.04 Å². The summed E-state index contributed by atoms with van der Waals surface area (Å²) in [5.74, 6) is 1.42. The summed E-state index contributed by atoms with van der Waals surface area (Å²) >= 11 is 0. The lowest BCUT2D eigenvalue weighted by molar-refractivity contribution is -0.122. The van der Waals surface area contributed by atoms with E-state index in [9.17, 15) is 4.79 Å². The zero-order valence-electron chi connectivity index (χ0n) is 14.5. The van der Waals surface area contributed by atoms with Crippen LogP contribution in [0.3, 0.4) is 0 Å². The molecule has 0 fully saturated rings. The predicted molar refractivity (Wildman–Crippen MR) is 104 cm³/mol. The lowest BCUT2D eigenvalue weighted by Gasteiger charge is -2.14. The van der Waals surface area contributed by atoms with Crippen LogP contribution in [0.25, 0.3) is 11.0 Å². The second-order valence-corrected chi connectivity index (χ2v) is 6.21. The van der Waals surface area contributed by atoms with Gasteiger partial charge >= 0.3 is 0 Å². The molecule has 0 unspecified atom stereocenters. The highest BCUT2D eigenvalue weighted by atomic mass is 35.5. The first-order chi connectivity index (χ1) is 10.5. The van der Waals surface area contributed by atoms with Gasteiger partial charge in [0, 0.05) is 20.0 Å². The Morgan fingerprint density at radius 2 is 1.96 bits per heavy atom. The van der Waals surface area contributed by atoms with Crippen molar-refractivity contribution in [2.45, 2.75) is 39.2 Å². The number of rotatable bonds is 7. The number of carbonyl (C=O) groups is 1. The first-order valence-electron chi connectivity index (χ1n) is 7.92. The van der Waals surface area contributed by atoms with Crippen LogP contribution in [0.15, 0.2) is 24.3 Å². The number of nitrogens with two attached hydrogens (primary N) is 1. The number of halogens is 2. The van der Waals surface area contributed by atoms with Crippen LogP contribution in [0, 0.1) is 5.92 Å². The van der Waals surface area contributed by atoms with Crippen molar-refractivity contribution in [3.05, 3.63) is 30.1 Å². The number of imidazole rings is 1. The zero-order valence-corrected chi connectivity index (χ0v) is 16.1. The maximum absolute atomic E-state index is 11.8. The van der Waals surface area contributed by atoms with Crippen LogP contribution < -0.4 is 11.1 Å². The molecule has 5 nitrogen and oxygen atoms in total. The van der Waals surface area contributed by atoms with Gasteiger partial charge in [0.15, 0.2) is 0 Å². The zero-order chi connectivity index (χ0) is 16.1. The molecule has 0 bridgehead atoms. The van der Waals surface area contributed by atoms with E-state index >= 15 is 0 Å². The molecule has 0 spiro atoms. The average Bonchev–Trinajstić information content (AvgIpc) is 2.79. The Bertz CT molecular complexity index is 643. The SMILES string of the molecule is CC(C)C[C@H](N)C(=O)NCCCc1nc2ccccc2n1C.Cl.Cl. The van der Waals surface area contributed by atoms with E-state index in [1.165, 1.54) is 0 Å². The molecular weight excluding hydrogens is 347 g/mol. The number of aryl methyl sites for hydroxylation is 2. The second-order valence-electron chi connectivity index (χ2n) is 6.21. The molecule has 2 aromatic rings. The van der Waals surface area contributed by atoms with Crippen LogP contribution in [-0.4, -0.2) is 28.0 Å². The largest absolute Gasteiger partial charge is 0.355 e. The van der Waals surface area contributed by atoms with E-state index in [1.807, 2.05) is 25.2 Å². The van der Waals surface area contributed by atoms with E-state index in [-0.39, 0.29) is 30.7 Å². The van der Waals surface area contributed by atoms with Gasteiger partial charge in [-0.15, -0.1) is 24.8 Å². The fourth-order valence-corrected chi connectivity index (χ4v) is 2.62. The molecule has 0 radical (unpaired) electrons. The van der Waals surface area contributed by atoms with Crippen molar-refractivity contribution < 1.29 is 4.79 Å². The molecular formula is C17H28Cl2N4O. The predicted octanol–water partition coefficient (Wildman–Crippen LogP) is 2.84. The first-order valence-corrected chi connectivity index (χ1v) is 7.92. The molecule has 24 heavy (non-hydrogen) atoms. The third kappa shape index (κ3) is 5.96. The third-order valence-corrected chi connectivity index (χ3v) is 3.82. The van der Waals surface area contributed by atoms with Crippen molar-refractivity contribution >= 4 is 41.8 Å². The maximum atomic E-state index is 11.8. The van der Waals surface area contributed by atoms with E-state index in [4.69, 9.17) is 5.73 Å². The fraction of sp³-hybridized carbons (Fsp3) is 0.529. The van der Waals surface area contributed by atoms with E-state index in [0.717, 1.165) is 36.1 Å². The molecule has 0 saturated carbocycles. The number of hydrogen-bond donors (Lipinski definition) is 2. The van der Waals surface area contributed by atoms with Crippen LogP contribution in [0.1, 0.15) is 32.5 Å². The molecule has 1 heterocycles. The lowest BCUT2D eigenvalue weighted by Crippen LogP contribution is -2.41. The van der Waals surface area contributed by atoms with Crippen molar-refractivity contribution in [2.24, 2.45) is 18.7 Å². The Morgan fingerprint density at radius 1 is 1.29 bits per heavy atom. The number of para-hydroxylation sites is 2. The molecule has 136 valence electrons. The number of benzene rings is 1. The number of carbonyl (C=O) groups excluding carboxylic acids is 1. The van der Waals surface area contributed by atoms with Crippen molar-refractivity contribution in [1.29, 1.82) is 0 Å². The van der Waals surface area contributed by atoms with E-state index in [2.05, 4.69) is 34.8 Å². The number of hydrogen-bond acceptors (Lipinski definition) is 3. The van der Waals surface area contributed by atoms with Crippen molar-refractivity contribution in [1.82, 2.24) is 14.9 Å². The summed E-state index contributed by atoms with van der Waals surface area (Å²) in [6.45, 7) is 4.77. The third-order valence-electron chi connectivity index (χ3n) is 3.82. The molecule has 3 N–H and O–H groups in total. The summed E-state index contributed by atoms with van der Waals surface area (Å²) in [6.07, 6.45) is 2.42. The van der Waals surface area contributed by atoms with Gasteiger partial charge in [-0.25, -0.2) is 4.98 Å². The molecule has 1 aromatic carbocycles. The number of fused-ring (bicyclic) bond motifs is 1. The Morgan fingerprint density at radius 3 is 2.58 bits per heavy atom. The number of nitrogens with zero attached hydrogens (tertiary/aromatic N) is 2. The van der Waals surface area contributed by atoms with Gasteiger partial charge in [-0.3, -0.25) is 4.79 Å². The molecule has 0 aliphatic heterocycles. The molecule has 0 aliphatic rings. The summed E-state index contributed by atoms with van der Waals surface area (Å²) in [4.78, 5) is 16.5. The fourth-order valence-electron chi connectivity index (χ4n) is 2.62. The maximum Gasteiger partial charge on any atom is 0.236 e. The number of aromatic nitrogens is 2. The molecule has 1 aromatic heterocycles. The molecule has 0 saturated heterocycles. The van der Waals surface area contributed by atoms with E-state index in [0.29, 0.717) is 12.5 Å². The van der Waals surface area contributed by atoms with Gasteiger partial charge in [-0.2, -0.15) is 0 Å². The summed E-state index contributed by atoms with van der Waals surface area (Å²) < 4.78 is 2.11. The van der Waals surface area contributed by atoms with Crippen molar-refractivity contribution in [3.8, 4) is 0 Å². The smallest absolute Gasteiger partial charge is 0.236 e. The van der Waals surface area contributed by atoms with Crippen LogP contribution in [0.5, 0.6) is 0 Å². The van der Waals surface area contributed by atoms with Gasteiger partial charge in [0.2, 0.25) is 5.91 Å². The van der Waals surface area contributed by atoms with Gasteiger partial charge in [-0.05, 0) is 30.9 Å². The Labute approximate surface area is 156 Å². The topological polar surface area (TPSA) is 72.9 Å². The number of amides is 1. The molecule has 1 atom stereocenters. The second kappa shape index (κ2) is 10.5. The standard InChI is InChI=1S/C17H26N4O.2ClH/c1-12(2)11-13(18)17(22)19-10-6-9-16-20-14-7-4-5-8-15(14)21(16)3;;/h4-5,7-8,12-13H,6,9-11,18H2,1-3H3,(H,19,22);2*1H/t13-;;/m0../s1. The minimum atomic E-state index is -0.407. The van der Waals surface area contributed by atoms with Crippen LogP contribution in [0.4, 0.5) is 0 Å². The highest BCUT2D eigenvalue weighted by molar-refractivity contribution is 5.85. The normalized spacial score (nSPS) is 11.7. The van der Waals surface area contributed by atoms with Gasteiger partial charge in [0.1, 0.15) is 5.82 Å². The Kier molecular flexibility index (Phi) is 9.97. The summed E-state index contributed by atoms with van der Waals surface area (Å²) in [5.41, 5.74) is 8.01. The van der Waals surface area contributed by atoms with Crippen LogP contribution >= 0.6 is 24.8 Å². The van der Waals surface area contributed by atoms with Crippen molar-refractivity contribution in [3.63, 3.8) is 0 Å². The number of nitrogens with one attached hydrogen (secondary N) is 1. The van der Waals surface area contributed by atoms with E-state index in [1.54, 1.807) is 0 Å². The molecule has 1 amide bonds. The monoisotopic (exact) mass is 374 g/mol. The quantitative estimate of drug-likeness (QED) is 0.731. The van der Waals surface area contributed by atoms with Gasteiger partial charge in [-0.1, -0.05) is 26.0 Å². The minimum Gasteiger partial charge on any atom is -0.355 e. The van der Waals surface area contributed by atoms with Gasteiger partial charge in [0.25, 0.3) is 0 Å². The minimum absolute atomic E-state index is 0. The molecule has 7 heteroatoms. The van der Waals surface area contributed by atoms with Crippen LogP contribution in [-0.2, 0) is 18.3 Å². The first kappa shape index (κ1) is 22.7. The average molecular weight is 375 g/mol. The Hall–Kier alpha value is -1.30. The van der Waals surface area contributed by atoms with Crippen molar-refractivity contribution in [2.75, 3.05) is 6.54 Å². The molecule has 2 rings (SSSR count). The highest BCUT2D eigenvalue weighted by Gasteiger charge is 2.14. The highest BCUT2D eigenvalue weighted by Crippen LogP contribution is 2.15. The lowest BCUT2D eigenvalue weighted by atomic mass is 10.0.